The Hall–Kier alpha value is -3.68. The Balaban J connectivity index is 1.43. The summed E-state index contributed by atoms with van der Waals surface area (Å²) in [7, 11) is 1.49. The molecule has 0 unspecified atom stereocenters. The number of likely N-dealkylation sites (tertiary alicyclic amines) is 1. The van der Waals surface area contributed by atoms with E-state index in [1.807, 2.05) is 4.90 Å². The fourth-order valence-electron chi connectivity index (χ4n) is 5.12. The summed E-state index contributed by atoms with van der Waals surface area (Å²) < 4.78 is 59.9. The third-order valence-electron chi connectivity index (χ3n) is 7.31. The minimum Gasteiger partial charge on any atom is -0.497 e. The smallest absolute Gasteiger partial charge is 0.303 e. The average Bonchev–Trinajstić information content (AvgIpc) is 2.90. The van der Waals surface area contributed by atoms with Gasteiger partial charge in [0, 0.05) is 16.5 Å². The van der Waals surface area contributed by atoms with Gasteiger partial charge in [-0.3, -0.25) is 14.7 Å². The largest absolute Gasteiger partial charge is 0.497 e. The molecule has 1 aliphatic rings. The maximum Gasteiger partial charge on any atom is 0.303 e. The molecule has 0 aliphatic carbocycles. The number of aromatic nitrogens is 1. The topological polar surface area (TPSA) is 82.9 Å². The molecule has 2 heterocycles. The minimum atomic E-state index is -1.55. The van der Waals surface area contributed by atoms with Crippen LogP contribution in [-0.2, 0) is 4.79 Å². The number of methoxy groups -OCH3 is 1. The van der Waals surface area contributed by atoms with E-state index < -0.39 is 40.8 Å². The summed E-state index contributed by atoms with van der Waals surface area (Å²) in [5.41, 5.74) is 0.0284. The highest BCUT2D eigenvalue weighted by Gasteiger charge is 2.37. The number of piperidine rings is 1. The number of carbonyl (C=O) groups is 1. The molecule has 0 bridgehead atoms. The first kappa shape index (κ1) is 28.3. The van der Waals surface area contributed by atoms with Crippen LogP contribution in [0.4, 0.5) is 17.6 Å². The van der Waals surface area contributed by atoms with Crippen molar-refractivity contribution in [2.24, 2.45) is 5.41 Å². The summed E-state index contributed by atoms with van der Waals surface area (Å²) in [4.78, 5) is 17.8. The molecule has 1 saturated heterocycles. The molecule has 39 heavy (non-hydrogen) atoms. The van der Waals surface area contributed by atoms with E-state index in [-0.39, 0.29) is 30.5 Å². The van der Waals surface area contributed by atoms with Crippen LogP contribution < -0.4 is 4.74 Å². The molecular weight excluding hydrogens is 516 g/mol. The molecule has 3 aromatic rings. The van der Waals surface area contributed by atoms with Gasteiger partial charge in [-0.2, -0.15) is 0 Å². The van der Waals surface area contributed by atoms with Crippen molar-refractivity contribution in [3.05, 3.63) is 70.9 Å². The second-order valence-electron chi connectivity index (χ2n) is 9.86. The number of rotatable bonds is 8. The van der Waals surface area contributed by atoms with Crippen LogP contribution in [0.2, 0.25) is 0 Å². The lowest BCUT2D eigenvalue weighted by molar-refractivity contribution is -0.141. The van der Waals surface area contributed by atoms with Gasteiger partial charge in [0.1, 0.15) is 11.6 Å². The van der Waals surface area contributed by atoms with Gasteiger partial charge in [0.15, 0.2) is 17.5 Å². The van der Waals surface area contributed by atoms with Gasteiger partial charge in [0.2, 0.25) is 0 Å². The molecule has 6 nitrogen and oxygen atoms in total. The van der Waals surface area contributed by atoms with Crippen molar-refractivity contribution in [2.45, 2.75) is 38.2 Å². The summed E-state index contributed by atoms with van der Waals surface area (Å²) in [6.45, 7) is 1.32. The van der Waals surface area contributed by atoms with Crippen LogP contribution in [0, 0.1) is 40.5 Å². The number of halogens is 4. The maximum atomic E-state index is 14.8. The SMILES string of the molecule is COc1ccc2ncc(F)c([C@@H](O)CCC3(CC(=O)O)CCN(CC#Cc4cc(F)c(F)c(F)c4)CC3)c2c1. The molecule has 1 aliphatic heterocycles. The second kappa shape index (κ2) is 12.0. The van der Waals surface area contributed by atoms with Gasteiger partial charge in [-0.25, -0.2) is 17.6 Å². The summed E-state index contributed by atoms with van der Waals surface area (Å²) in [5, 5.41) is 21.0. The summed E-state index contributed by atoms with van der Waals surface area (Å²) in [6, 6.07) is 6.65. The number of carboxylic acid groups (broad SMARTS) is 1. The molecular formula is C29H28F4N2O4. The van der Waals surface area contributed by atoms with E-state index in [0.29, 0.717) is 49.0 Å². The van der Waals surface area contributed by atoms with E-state index in [1.54, 1.807) is 18.2 Å². The summed E-state index contributed by atoms with van der Waals surface area (Å²) in [5.74, 6) is 0.179. The van der Waals surface area contributed by atoms with Gasteiger partial charge in [0.25, 0.3) is 0 Å². The molecule has 1 fully saturated rings. The fraction of sp³-hybridized carbons (Fsp3) is 0.379. The fourth-order valence-corrected chi connectivity index (χ4v) is 5.12. The predicted octanol–water partition coefficient (Wildman–Crippen LogP) is 5.22. The van der Waals surface area contributed by atoms with Gasteiger partial charge in [-0.1, -0.05) is 11.8 Å². The second-order valence-corrected chi connectivity index (χ2v) is 9.86. The van der Waals surface area contributed by atoms with Crippen LogP contribution in [0.25, 0.3) is 10.9 Å². The van der Waals surface area contributed by atoms with Crippen molar-refractivity contribution >= 4 is 16.9 Å². The predicted molar refractivity (Wildman–Crippen MR) is 136 cm³/mol. The molecule has 1 atom stereocenters. The van der Waals surface area contributed by atoms with E-state index in [2.05, 4.69) is 16.8 Å². The molecule has 2 N–H and O–H groups in total. The lowest BCUT2D eigenvalue weighted by atomic mass is 9.71. The number of hydrogen-bond donors (Lipinski definition) is 2. The van der Waals surface area contributed by atoms with Crippen molar-refractivity contribution < 1.29 is 37.3 Å². The average molecular weight is 545 g/mol. The Morgan fingerprint density at radius 2 is 1.82 bits per heavy atom. The van der Waals surface area contributed by atoms with Crippen molar-refractivity contribution in [1.29, 1.82) is 0 Å². The number of aliphatic hydroxyl groups is 1. The van der Waals surface area contributed by atoms with Crippen LogP contribution in [0.5, 0.6) is 5.75 Å². The molecule has 0 radical (unpaired) electrons. The number of benzene rings is 2. The lowest BCUT2D eigenvalue weighted by Crippen LogP contribution is -2.41. The van der Waals surface area contributed by atoms with E-state index in [1.165, 1.54) is 7.11 Å². The van der Waals surface area contributed by atoms with Crippen LogP contribution in [0.1, 0.15) is 49.3 Å². The van der Waals surface area contributed by atoms with Crippen molar-refractivity contribution in [3.8, 4) is 17.6 Å². The Kier molecular flexibility index (Phi) is 8.73. The normalized spacial score (nSPS) is 15.9. The molecule has 0 amide bonds. The van der Waals surface area contributed by atoms with E-state index in [9.17, 15) is 32.6 Å². The lowest BCUT2D eigenvalue weighted by Gasteiger charge is -2.41. The van der Waals surface area contributed by atoms with E-state index in [4.69, 9.17) is 4.74 Å². The van der Waals surface area contributed by atoms with Crippen LogP contribution in [-0.4, -0.2) is 52.8 Å². The Morgan fingerprint density at radius 1 is 1.13 bits per heavy atom. The number of aliphatic carboxylic acids is 1. The van der Waals surface area contributed by atoms with Crippen LogP contribution in [0.15, 0.2) is 36.5 Å². The highest BCUT2D eigenvalue weighted by Crippen LogP contribution is 2.42. The quantitative estimate of drug-likeness (QED) is 0.230. The van der Waals surface area contributed by atoms with Crippen molar-refractivity contribution in [1.82, 2.24) is 9.88 Å². The zero-order chi connectivity index (χ0) is 28.2. The number of carboxylic acids is 1. The van der Waals surface area contributed by atoms with Crippen molar-refractivity contribution in [2.75, 3.05) is 26.7 Å². The van der Waals surface area contributed by atoms with Crippen molar-refractivity contribution in [3.63, 3.8) is 0 Å². The molecule has 206 valence electrons. The number of aliphatic hydroxyl groups excluding tert-OH is 1. The number of ether oxygens (including phenoxy) is 1. The number of hydrogen-bond acceptors (Lipinski definition) is 5. The number of pyridine rings is 1. The van der Waals surface area contributed by atoms with Gasteiger partial charge >= 0.3 is 5.97 Å². The first-order valence-corrected chi connectivity index (χ1v) is 12.5. The summed E-state index contributed by atoms with van der Waals surface area (Å²) >= 11 is 0. The zero-order valence-electron chi connectivity index (χ0n) is 21.3. The minimum absolute atomic E-state index is 0.0195. The Bertz CT molecular complexity index is 1410. The third-order valence-corrected chi connectivity index (χ3v) is 7.31. The summed E-state index contributed by atoms with van der Waals surface area (Å²) in [6.07, 6.45) is 1.34. The van der Waals surface area contributed by atoms with Crippen LogP contribution >= 0.6 is 0 Å². The molecule has 10 heteroatoms. The number of fused-ring (bicyclic) bond motifs is 1. The highest BCUT2D eigenvalue weighted by molar-refractivity contribution is 5.84. The van der Waals surface area contributed by atoms with E-state index in [0.717, 1.165) is 18.3 Å². The first-order chi connectivity index (χ1) is 18.6. The Labute approximate surface area is 223 Å². The molecule has 2 aromatic carbocycles. The van der Waals surface area contributed by atoms with Gasteiger partial charge < -0.3 is 14.9 Å². The number of nitrogens with zero attached hydrogens (tertiary/aromatic N) is 2. The molecule has 1 aromatic heterocycles. The molecule has 0 saturated carbocycles. The van der Waals surface area contributed by atoms with Gasteiger partial charge in [-0.05, 0) is 74.5 Å². The Morgan fingerprint density at radius 3 is 2.46 bits per heavy atom. The monoisotopic (exact) mass is 544 g/mol. The van der Waals surface area contributed by atoms with Gasteiger partial charge in [-0.15, -0.1) is 0 Å². The van der Waals surface area contributed by atoms with Crippen LogP contribution in [0.3, 0.4) is 0 Å². The molecule has 0 spiro atoms. The maximum absolute atomic E-state index is 14.8. The zero-order valence-corrected chi connectivity index (χ0v) is 21.3. The first-order valence-electron chi connectivity index (χ1n) is 12.5. The third kappa shape index (κ3) is 6.67. The highest BCUT2D eigenvalue weighted by atomic mass is 19.2. The molecule has 4 rings (SSSR count). The van der Waals surface area contributed by atoms with Gasteiger partial charge in [0.05, 0.1) is 37.9 Å². The van der Waals surface area contributed by atoms with E-state index >= 15 is 0 Å². The standard InChI is InChI=1S/C29H28F4N2O4/c1-39-19-4-5-24-20(15-19)27(23(32)17-34-24)25(36)6-7-29(16-26(37)38)8-11-35(12-9-29)10-2-3-18-13-21(30)28(33)22(31)14-18/h4-5,13-15,17,25,36H,6-12,16H2,1H3,(H,37,38)/t25-/m0/s1.